The lowest BCUT2D eigenvalue weighted by Crippen LogP contribution is -2.72. The minimum Gasteiger partial charge on any atom is -0.126 e. The van der Waals surface area contributed by atoms with Crippen molar-refractivity contribution in [3.05, 3.63) is 107 Å². The monoisotopic (exact) mass is 506 g/mol. The molecule has 4 heterocycles. The van der Waals surface area contributed by atoms with Crippen LogP contribution in [0, 0.1) is 0 Å². The Labute approximate surface area is 230 Å². The van der Waals surface area contributed by atoms with Gasteiger partial charge in [-0.3, -0.25) is 0 Å². The Kier molecular flexibility index (Phi) is 9.44. The fraction of sp³-hybridized carbons (Fsp3) is 0.333. The zero-order valence-corrected chi connectivity index (χ0v) is 25.2. The Balaban J connectivity index is 0.000000364. The standard InChI is InChI=1S/C26H16N2.5C2H6/c1-2-13-27-21(8-1)20-7-3-5-18-15-19-12-10-16-9-11-17-6-4-14-28-25(17)22(16)24(19)26(27,28)23(18)20;5*1-2/h1-14H,15H2;5*1-2H3/q+2;;;;;. The average Bonchev–Trinajstić information content (AvgIpc) is 3.52. The average molecular weight is 507 g/mol. The number of rotatable bonds is 0. The molecule has 0 saturated carbocycles. The molecular formula is C36H46N2+2. The van der Waals surface area contributed by atoms with Crippen molar-refractivity contribution < 1.29 is 9.13 Å². The van der Waals surface area contributed by atoms with Crippen LogP contribution in [0.1, 0.15) is 91.5 Å². The van der Waals surface area contributed by atoms with Crippen LogP contribution in [-0.2, 0) is 12.1 Å². The molecule has 2 aromatic heterocycles. The quantitative estimate of drug-likeness (QED) is 0.143. The van der Waals surface area contributed by atoms with E-state index < -0.39 is 0 Å². The third kappa shape index (κ3) is 3.68. The molecule has 0 amide bonds. The summed E-state index contributed by atoms with van der Waals surface area (Å²) in [6.45, 7) is 20.0. The molecule has 3 aliphatic rings. The van der Waals surface area contributed by atoms with E-state index in [1.54, 1.807) is 0 Å². The van der Waals surface area contributed by atoms with Crippen LogP contribution in [0.2, 0.25) is 0 Å². The largest absolute Gasteiger partial charge is 0.418 e. The third-order valence-electron chi connectivity index (χ3n) is 7.09. The Morgan fingerprint density at radius 2 is 1.16 bits per heavy atom. The second-order valence-electron chi connectivity index (χ2n) is 8.22. The van der Waals surface area contributed by atoms with Gasteiger partial charge in [0.2, 0.25) is 11.2 Å². The first kappa shape index (κ1) is 29.0. The minimum absolute atomic E-state index is 0.307. The molecule has 0 saturated heterocycles. The van der Waals surface area contributed by atoms with Crippen molar-refractivity contribution in [1.82, 2.24) is 0 Å². The molecule has 5 aromatic rings. The molecule has 0 bridgehead atoms. The van der Waals surface area contributed by atoms with Gasteiger partial charge >= 0.3 is 5.66 Å². The summed E-state index contributed by atoms with van der Waals surface area (Å²) in [7, 11) is 0. The maximum atomic E-state index is 2.54. The number of benzene rings is 3. The summed E-state index contributed by atoms with van der Waals surface area (Å²) in [5, 5.41) is 4.09. The van der Waals surface area contributed by atoms with Gasteiger partial charge in [-0.25, -0.2) is 0 Å². The molecule has 8 rings (SSSR count). The lowest BCUT2D eigenvalue weighted by Gasteiger charge is -2.25. The van der Waals surface area contributed by atoms with Crippen molar-refractivity contribution in [2.24, 2.45) is 0 Å². The predicted octanol–water partition coefficient (Wildman–Crippen LogP) is 9.19. The maximum absolute atomic E-state index is 2.54. The summed E-state index contributed by atoms with van der Waals surface area (Å²) in [5.41, 5.74) is 9.59. The molecule has 2 heteroatoms. The van der Waals surface area contributed by atoms with E-state index in [2.05, 4.69) is 94.3 Å². The van der Waals surface area contributed by atoms with E-state index in [0.717, 1.165) is 6.42 Å². The van der Waals surface area contributed by atoms with Crippen LogP contribution in [0.4, 0.5) is 0 Å². The molecule has 1 aliphatic carbocycles. The molecule has 1 atom stereocenters. The van der Waals surface area contributed by atoms with Gasteiger partial charge in [-0.05, 0) is 47.2 Å². The normalized spacial score (nSPS) is 15.1. The molecule has 0 N–H and O–H groups in total. The summed E-state index contributed by atoms with van der Waals surface area (Å²) in [5.74, 6) is 0. The van der Waals surface area contributed by atoms with E-state index >= 15 is 0 Å². The fourth-order valence-corrected chi connectivity index (χ4v) is 6.22. The van der Waals surface area contributed by atoms with Crippen LogP contribution in [-0.4, -0.2) is 0 Å². The van der Waals surface area contributed by atoms with E-state index in [1.165, 1.54) is 55.2 Å². The van der Waals surface area contributed by atoms with Gasteiger partial charge in [0.05, 0.1) is 10.9 Å². The van der Waals surface area contributed by atoms with Crippen molar-refractivity contribution in [2.45, 2.75) is 81.3 Å². The first-order valence-electron chi connectivity index (χ1n) is 14.9. The van der Waals surface area contributed by atoms with E-state index in [-0.39, 0.29) is 5.66 Å². The Morgan fingerprint density at radius 1 is 0.526 bits per heavy atom. The van der Waals surface area contributed by atoms with Crippen molar-refractivity contribution in [3.63, 3.8) is 0 Å². The van der Waals surface area contributed by atoms with Crippen LogP contribution in [0.15, 0.2) is 85.2 Å². The minimum atomic E-state index is -0.307. The lowest BCUT2D eigenvalue weighted by molar-refractivity contribution is -0.950. The van der Waals surface area contributed by atoms with Crippen LogP contribution in [0.25, 0.3) is 32.9 Å². The number of hydrogen-bond donors (Lipinski definition) is 0. The van der Waals surface area contributed by atoms with Crippen molar-refractivity contribution in [3.8, 4) is 11.3 Å². The van der Waals surface area contributed by atoms with Gasteiger partial charge in [-0.1, -0.05) is 99.6 Å². The summed E-state index contributed by atoms with van der Waals surface area (Å²) in [4.78, 5) is 0. The van der Waals surface area contributed by atoms with Gasteiger partial charge in [0.15, 0.2) is 12.4 Å². The molecule has 2 aliphatic heterocycles. The fourth-order valence-electron chi connectivity index (χ4n) is 6.22. The number of nitrogens with zero attached hydrogens (tertiary/aromatic N) is 2. The Morgan fingerprint density at radius 3 is 1.89 bits per heavy atom. The predicted molar refractivity (Wildman–Crippen MR) is 165 cm³/mol. The highest BCUT2D eigenvalue weighted by Crippen LogP contribution is 2.52. The zero-order chi connectivity index (χ0) is 28.0. The van der Waals surface area contributed by atoms with Crippen molar-refractivity contribution in [2.75, 3.05) is 0 Å². The van der Waals surface area contributed by atoms with Crippen molar-refractivity contribution >= 4 is 21.7 Å². The molecule has 198 valence electrons. The molecule has 3 aromatic carbocycles. The highest BCUT2D eigenvalue weighted by Gasteiger charge is 2.68. The number of fused-ring (bicyclic) bond motifs is 2. The highest BCUT2D eigenvalue weighted by molar-refractivity contribution is 6.08. The molecule has 2 nitrogen and oxygen atoms in total. The van der Waals surface area contributed by atoms with Crippen LogP contribution in [0.3, 0.4) is 0 Å². The van der Waals surface area contributed by atoms with Crippen LogP contribution in [0.5, 0.6) is 0 Å². The van der Waals surface area contributed by atoms with Gasteiger partial charge in [-0.2, -0.15) is 0 Å². The van der Waals surface area contributed by atoms with Gasteiger partial charge in [-0.15, -0.1) is 9.13 Å². The summed E-state index contributed by atoms with van der Waals surface area (Å²) < 4.78 is 5.06. The van der Waals surface area contributed by atoms with E-state index in [1.807, 2.05) is 69.2 Å². The Bertz CT molecular complexity index is 1550. The maximum Gasteiger partial charge on any atom is 0.418 e. The molecule has 1 spiro atoms. The second-order valence-corrected chi connectivity index (χ2v) is 8.22. The van der Waals surface area contributed by atoms with Crippen LogP contribution >= 0.6 is 0 Å². The first-order chi connectivity index (χ1) is 18.9. The summed E-state index contributed by atoms with van der Waals surface area (Å²) in [6, 6.07) is 27.1. The number of aromatic nitrogens is 2. The zero-order valence-electron chi connectivity index (χ0n) is 25.2. The van der Waals surface area contributed by atoms with E-state index in [0.29, 0.717) is 0 Å². The Hall–Kier alpha value is -3.52. The first-order valence-corrected chi connectivity index (χ1v) is 14.9. The molecule has 0 radical (unpaired) electrons. The van der Waals surface area contributed by atoms with E-state index in [9.17, 15) is 0 Å². The second kappa shape index (κ2) is 12.3. The topological polar surface area (TPSA) is 7.76 Å². The van der Waals surface area contributed by atoms with E-state index in [4.69, 9.17) is 0 Å². The summed E-state index contributed by atoms with van der Waals surface area (Å²) >= 11 is 0. The molecule has 0 fully saturated rings. The van der Waals surface area contributed by atoms with Gasteiger partial charge in [0.1, 0.15) is 11.1 Å². The molecule has 1 unspecified atom stereocenters. The highest BCUT2D eigenvalue weighted by atomic mass is 15.3. The molecule has 38 heavy (non-hydrogen) atoms. The lowest BCUT2D eigenvalue weighted by atomic mass is 9.76. The SMILES string of the molecule is CC.CC.CC.CC.CC.c1cc2c3c(c1)-c1cccc[n+]1C31c3c(ccc4ccc5ccc[n+]1c5c34)C2. The molecular weight excluding hydrogens is 460 g/mol. The van der Waals surface area contributed by atoms with Gasteiger partial charge in [0, 0.05) is 23.6 Å². The number of pyridine rings is 2. The van der Waals surface area contributed by atoms with Crippen LogP contribution < -0.4 is 9.13 Å². The van der Waals surface area contributed by atoms with Crippen molar-refractivity contribution in [1.29, 1.82) is 0 Å². The third-order valence-corrected chi connectivity index (χ3v) is 7.09. The smallest absolute Gasteiger partial charge is 0.126 e. The van der Waals surface area contributed by atoms with Gasteiger partial charge < -0.3 is 0 Å². The number of hydrogen-bond acceptors (Lipinski definition) is 0. The van der Waals surface area contributed by atoms with Gasteiger partial charge in [0.25, 0.3) is 0 Å². The summed E-state index contributed by atoms with van der Waals surface area (Å²) in [6.07, 6.45) is 5.56.